The first-order chi connectivity index (χ1) is 6.62. The Bertz CT molecular complexity index is 321. The molecule has 0 aromatic heterocycles. The summed E-state index contributed by atoms with van der Waals surface area (Å²) < 4.78 is 0. The zero-order valence-corrected chi connectivity index (χ0v) is 8.98. The van der Waals surface area contributed by atoms with Gasteiger partial charge in [0.25, 0.3) is 0 Å². The predicted octanol–water partition coefficient (Wildman–Crippen LogP) is 1.80. The standard InChI is InChI=1S/C9H10Cl2N2O/c10-7-6(2-1-5-12-7)13-8(14)9(11)3-4-9/h1,5-6H,2-4H2,(H,13,14). The third-order valence-electron chi connectivity index (χ3n) is 2.36. The van der Waals surface area contributed by atoms with Gasteiger partial charge in [-0.1, -0.05) is 17.7 Å². The number of rotatable bonds is 2. The van der Waals surface area contributed by atoms with E-state index < -0.39 is 4.87 Å². The summed E-state index contributed by atoms with van der Waals surface area (Å²) in [6.07, 6.45) is 5.68. The number of nitrogens with one attached hydrogen (secondary N) is 1. The zero-order chi connectivity index (χ0) is 10.2. The predicted molar refractivity (Wildman–Crippen MR) is 56.8 cm³/mol. The SMILES string of the molecule is O=C(NC1CC=CN=C1Cl)C1(Cl)CC1. The molecular formula is C9H10Cl2N2O. The molecule has 0 aromatic carbocycles. The Morgan fingerprint density at radius 1 is 1.64 bits per heavy atom. The van der Waals surface area contributed by atoms with Crippen molar-refractivity contribution in [3.63, 3.8) is 0 Å². The van der Waals surface area contributed by atoms with Crippen molar-refractivity contribution in [2.75, 3.05) is 0 Å². The van der Waals surface area contributed by atoms with E-state index in [1.165, 1.54) is 0 Å². The first kappa shape index (κ1) is 9.99. The first-order valence-corrected chi connectivity index (χ1v) is 5.25. The maximum atomic E-state index is 11.6. The van der Waals surface area contributed by atoms with Crippen molar-refractivity contribution >= 4 is 34.3 Å². The number of alkyl halides is 1. The quantitative estimate of drug-likeness (QED) is 0.726. The second-order valence-electron chi connectivity index (χ2n) is 3.56. The van der Waals surface area contributed by atoms with Crippen molar-refractivity contribution < 1.29 is 4.79 Å². The highest BCUT2D eigenvalue weighted by atomic mass is 35.5. The van der Waals surface area contributed by atoms with E-state index in [4.69, 9.17) is 23.2 Å². The summed E-state index contributed by atoms with van der Waals surface area (Å²) in [5.41, 5.74) is 0. The van der Waals surface area contributed by atoms with Crippen molar-refractivity contribution in [2.24, 2.45) is 4.99 Å². The van der Waals surface area contributed by atoms with Gasteiger partial charge in [-0.25, -0.2) is 4.99 Å². The molecule has 0 aromatic rings. The Morgan fingerprint density at radius 3 is 2.93 bits per heavy atom. The lowest BCUT2D eigenvalue weighted by Crippen LogP contribution is -2.43. The van der Waals surface area contributed by atoms with E-state index in [2.05, 4.69) is 10.3 Å². The molecule has 5 heteroatoms. The maximum absolute atomic E-state index is 11.6. The van der Waals surface area contributed by atoms with Crippen molar-refractivity contribution in [3.05, 3.63) is 12.3 Å². The highest BCUT2D eigenvalue weighted by Gasteiger charge is 2.48. The first-order valence-electron chi connectivity index (χ1n) is 4.50. The van der Waals surface area contributed by atoms with Crippen LogP contribution in [0.5, 0.6) is 0 Å². The van der Waals surface area contributed by atoms with E-state index >= 15 is 0 Å². The minimum absolute atomic E-state index is 0.132. The highest BCUT2D eigenvalue weighted by Crippen LogP contribution is 2.42. The fourth-order valence-electron chi connectivity index (χ4n) is 1.25. The molecule has 2 rings (SSSR count). The number of carbonyl (C=O) groups excluding carboxylic acids is 1. The number of hydrogen-bond acceptors (Lipinski definition) is 2. The molecule has 3 nitrogen and oxygen atoms in total. The van der Waals surface area contributed by atoms with Crippen molar-refractivity contribution in [3.8, 4) is 0 Å². The number of hydrogen-bond donors (Lipinski definition) is 1. The summed E-state index contributed by atoms with van der Waals surface area (Å²) in [4.78, 5) is 14.8. The molecule has 1 fully saturated rings. The summed E-state index contributed by atoms with van der Waals surface area (Å²) in [5.74, 6) is -0.132. The van der Waals surface area contributed by atoms with Crippen LogP contribution in [0.1, 0.15) is 19.3 Å². The summed E-state index contributed by atoms with van der Waals surface area (Å²) in [6, 6.07) is -0.203. The molecule has 1 aliphatic carbocycles. The van der Waals surface area contributed by atoms with E-state index in [-0.39, 0.29) is 11.9 Å². The van der Waals surface area contributed by atoms with Gasteiger partial charge >= 0.3 is 0 Å². The lowest BCUT2D eigenvalue weighted by molar-refractivity contribution is -0.121. The lowest BCUT2D eigenvalue weighted by atomic mass is 10.2. The molecule has 14 heavy (non-hydrogen) atoms. The third kappa shape index (κ3) is 1.93. The maximum Gasteiger partial charge on any atom is 0.241 e. The van der Waals surface area contributed by atoms with Gasteiger partial charge < -0.3 is 5.32 Å². The molecule has 0 spiro atoms. The second-order valence-corrected chi connectivity index (χ2v) is 4.67. The van der Waals surface area contributed by atoms with Crippen molar-refractivity contribution in [1.29, 1.82) is 0 Å². The Labute approximate surface area is 92.2 Å². The minimum Gasteiger partial charge on any atom is -0.345 e. The van der Waals surface area contributed by atoms with Crippen LogP contribution in [-0.4, -0.2) is 22.0 Å². The van der Waals surface area contributed by atoms with Crippen LogP contribution in [0.2, 0.25) is 0 Å². The molecule has 1 saturated carbocycles. The van der Waals surface area contributed by atoms with Gasteiger partial charge in [-0.15, -0.1) is 11.6 Å². The highest BCUT2D eigenvalue weighted by molar-refractivity contribution is 6.67. The monoisotopic (exact) mass is 232 g/mol. The normalized spacial score (nSPS) is 28.1. The number of carbonyl (C=O) groups is 1. The van der Waals surface area contributed by atoms with Crippen LogP contribution >= 0.6 is 23.2 Å². The topological polar surface area (TPSA) is 41.5 Å². The molecule has 0 saturated heterocycles. The average Bonchev–Trinajstić information content (AvgIpc) is 2.89. The summed E-state index contributed by atoms with van der Waals surface area (Å²) in [6.45, 7) is 0. The Hall–Kier alpha value is -0.540. The molecule has 0 radical (unpaired) electrons. The van der Waals surface area contributed by atoms with E-state index in [1.807, 2.05) is 6.08 Å². The van der Waals surface area contributed by atoms with Gasteiger partial charge in [0.05, 0.1) is 6.04 Å². The molecule has 1 atom stereocenters. The number of aliphatic imine (C=N–C) groups is 1. The van der Waals surface area contributed by atoms with Crippen LogP contribution in [0, 0.1) is 0 Å². The zero-order valence-electron chi connectivity index (χ0n) is 7.46. The van der Waals surface area contributed by atoms with Crippen LogP contribution in [0.4, 0.5) is 0 Å². The van der Waals surface area contributed by atoms with Gasteiger partial charge in [0.2, 0.25) is 5.91 Å². The van der Waals surface area contributed by atoms with Gasteiger partial charge in [0.15, 0.2) is 0 Å². The summed E-state index contributed by atoms with van der Waals surface area (Å²) in [7, 11) is 0. The number of nitrogens with zero attached hydrogens (tertiary/aromatic N) is 1. The van der Waals surface area contributed by atoms with E-state index in [0.29, 0.717) is 11.6 Å². The molecule has 2 aliphatic rings. The van der Waals surface area contributed by atoms with Crippen LogP contribution < -0.4 is 5.32 Å². The molecule has 1 unspecified atom stereocenters. The largest absolute Gasteiger partial charge is 0.345 e. The Kier molecular flexibility index (Phi) is 2.54. The molecule has 1 amide bonds. The van der Waals surface area contributed by atoms with E-state index in [1.54, 1.807) is 6.20 Å². The van der Waals surface area contributed by atoms with Crippen molar-refractivity contribution in [1.82, 2.24) is 5.32 Å². The summed E-state index contributed by atoms with van der Waals surface area (Å²) >= 11 is 11.8. The minimum atomic E-state index is -0.668. The molecule has 76 valence electrons. The average molecular weight is 233 g/mol. The van der Waals surface area contributed by atoms with Gasteiger partial charge in [-0.05, 0) is 19.3 Å². The molecular weight excluding hydrogens is 223 g/mol. The van der Waals surface area contributed by atoms with Crippen LogP contribution in [-0.2, 0) is 4.79 Å². The van der Waals surface area contributed by atoms with Gasteiger partial charge in [0, 0.05) is 6.20 Å². The Balaban J connectivity index is 1.95. The third-order valence-corrected chi connectivity index (χ3v) is 3.27. The number of halogens is 2. The number of amides is 1. The molecule has 1 aliphatic heterocycles. The van der Waals surface area contributed by atoms with Crippen molar-refractivity contribution in [2.45, 2.75) is 30.2 Å². The van der Waals surface area contributed by atoms with Gasteiger partial charge in [-0.3, -0.25) is 4.79 Å². The van der Waals surface area contributed by atoms with Crippen LogP contribution in [0.25, 0.3) is 0 Å². The van der Waals surface area contributed by atoms with Crippen LogP contribution in [0.15, 0.2) is 17.3 Å². The fraction of sp³-hybridized carbons (Fsp3) is 0.556. The second kappa shape index (κ2) is 3.55. The summed E-state index contributed by atoms with van der Waals surface area (Å²) in [5, 5.41) is 3.20. The van der Waals surface area contributed by atoms with Gasteiger partial charge in [-0.2, -0.15) is 0 Å². The smallest absolute Gasteiger partial charge is 0.241 e. The van der Waals surface area contributed by atoms with E-state index in [9.17, 15) is 4.79 Å². The van der Waals surface area contributed by atoms with E-state index in [0.717, 1.165) is 12.8 Å². The molecule has 0 bridgehead atoms. The molecule has 1 N–H and O–H groups in total. The lowest BCUT2D eigenvalue weighted by Gasteiger charge is -2.18. The fourth-order valence-corrected chi connectivity index (χ4v) is 1.60. The Morgan fingerprint density at radius 2 is 2.36 bits per heavy atom. The molecule has 1 heterocycles. The van der Waals surface area contributed by atoms with Crippen LogP contribution in [0.3, 0.4) is 0 Å². The van der Waals surface area contributed by atoms with Gasteiger partial charge in [0.1, 0.15) is 10.0 Å².